The molecule has 0 saturated carbocycles. The van der Waals surface area contributed by atoms with Gasteiger partial charge in [-0.3, -0.25) is 19.5 Å². The molecule has 4 rings (SSSR count). The highest BCUT2D eigenvalue weighted by atomic mass is 16.4. The number of carbonyl (C=O) groups excluding carboxylic acids is 1. The van der Waals surface area contributed by atoms with Crippen molar-refractivity contribution >= 4 is 17.6 Å². The Labute approximate surface area is 190 Å². The van der Waals surface area contributed by atoms with E-state index in [1.165, 1.54) is 24.1 Å². The van der Waals surface area contributed by atoms with Gasteiger partial charge < -0.3 is 10.4 Å². The van der Waals surface area contributed by atoms with Crippen LogP contribution in [-0.2, 0) is 22.4 Å². The van der Waals surface area contributed by atoms with Crippen LogP contribution in [-0.4, -0.2) is 46.0 Å². The van der Waals surface area contributed by atoms with Crippen molar-refractivity contribution in [2.24, 2.45) is 5.92 Å². The number of anilines is 1. The van der Waals surface area contributed by atoms with E-state index in [4.69, 9.17) is 4.98 Å². The lowest BCUT2D eigenvalue weighted by atomic mass is 9.92. The maximum absolute atomic E-state index is 12.7. The minimum Gasteiger partial charge on any atom is -0.480 e. The van der Waals surface area contributed by atoms with E-state index >= 15 is 0 Å². The van der Waals surface area contributed by atoms with Gasteiger partial charge in [0.15, 0.2) is 0 Å². The highest BCUT2D eigenvalue weighted by Gasteiger charge is 2.27. The van der Waals surface area contributed by atoms with Gasteiger partial charge in [0.25, 0.3) is 0 Å². The molecule has 6 nitrogen and oxygen atoms in total. The first-order chi connectivity index (χ1) is 15.4. The summed E-state index contributed by atoms with van der Waals surface area (Å²) in [5.74, 6) is -0.479. The van der Waals surface area contributed by atoms with Crippen LogP contribution in [0.1, 0.15) is 55.8 Å². The number of nitrogens with one attached hydrogen (secondary N) is 1. The van der Waals surface area contributed by atoms with E-state index < -0.39 is 12.0 Å². The summed E-state index contributed by atoms with van der Waals surface area (Å²) in [5.41, 5.74) is 6.56. The second-order valence-corrected chi connectivity index (χ2v) is 9.28. The first-order valence-electron chi connectivity index (χ1n) is 11.8. The Morgan fingerprint density at radius 2 is 1.91 bits per heavy atom. The fourth-order valence-electron chi connectivity index (χ4n) is 4.88. The zero-order valence-electron chi connectivity index (χ0n) is 19.1. The first kappa shape index (κ1) is 22.5. The van der Waals surface area contributed by atoms with Crippen molar-refractivity contribution in [2.75, 3.05) is 18.4 Å². The highest BCUT2D eigenvalue weighted by Crippen LogP contribution is 2.29. The van der Waals surface area contributed by atoms with Crippen molar-refractivity contribution in [3.63, 3.8) is 0 Å². The van der Waals surface area contributed by atoms with Crippen molar-refractivity contribution in [3.8, 4) is 11.3 Å². The van der Waals surface area contributed by atoms with Crippen LogP contribution in [0.2, 0.25) is 0 Å². The number of aromatic nitrogens is 1. The maximum atomic E-state index is 12.7. The zero-order valence-corrected chi connectivity index (χ0v) is 19.1. The minimum absolute atomic E-state index is 0.0166. The Bertz CT molecular complexity index is 996. The van der Waals surface area contributed by atoms with Gasteiger partial charge >= 0.3 is 5.97 Å². The molecule has 32 heavy (non-hydrogen) atoms. The van der Waals surface area contributed by atoms with Crippen molar-refractivity contribution in [1.29, 1.82) is 0 Å². The Morgan fingerprint density at radius 1 is 1.16 bits per heavy atom. The molecule has 1 saturated heterocycles. The van der Waals surface area contributed by atoms with Crippen LogP contribution in [0.15, 0.2) is 30.3 Å². The summed E-state index contributed by atoms with van der Waals surface area (Å²) in [5, 5.41) is 12.2. The number of aryl methyl sites for hydroxylation is 3. The van der Waals surface area contributed by atoms with Crippen LogP contribution >= 0.6 is 0 Å². The van der Waals surface area contributed by atoms with Crippen LogP contribution in [0.25, 0.3) is 11.3 Å². The average molecular weight is 436 g/mol. The largest absolute Gasteiger partial charge is 0.480 e. The third-order valence-electron chi connectivity index (χ3n) is 7.00. The number of fused-ring (bicyclic) bond motifs is 1. The van der Waals surface area contributed by atoms with Gasteiger partial charge in [-0.15, -0.1) is 0 Å². The average Bonchev–Trinajstić information content (AvgIpc) is 2.80. The summed E-state index contributed by atoms with van der Waals surface area (Å²) in [6, 6.07) is 9.86. The molecule has 2 aliphatic rings. The highest BCUT2D eigenvalue weighted by molar-refractivity contribution is 5.91. The molecule has 6 heteroatoms. The van der Waals surface area contributed by atoms with Gasteiger partial charge in [-0.05, 0) is 101 Å². The second-order valence-electron chi connectivity index (χ2n) is 9.28. The van der Waals surface area contributed by atoms with E-state index in [9.17, 15) is 14.7 Å². The van der Waals surface area contributed by atoms with E-state index in [0.29, 0.717) is 12.3 Å². The van der Waals surface area contributed by atoms with E-state index in [-0.39, 0.29) is 5.91 Å². The third kappa shape index (κ3) is 5.18. The number of rotatable bonds is 6. The van der Waals surface area contributed by atoms with E-state index in [1.807, 2.05) is 23.1 Å². The fraction of sp³-hybridized carbons (Fsp3) is 0.500. The molecule has 170 valence electrons. The Kier molecular flexibility index (Phi) is 6.89. The van der Waals surface area contributed by atoms with Gasteiger partial charge in [0.05, 0.1) is 5.69 Å². The van der Waals surface area contributed by atoms with E-state index in [1.54, 1.807) is 6.92 Å². The van der Waals surface area contributed by atoms with Crippen molar-refractivity contribution < 1.29 is 14.7 Å². The maximum Gasteiger partial charge on any atom is 0.320 e. The lowest BCUT2D eigenvalue weighted by molar-refractivity contribution is -0.143. The molecule has 1 aliphatic carbocycles. The number of likely N-dealkylation sites (tertiary alicyclic amines) is 1. The van der Waals surface area contributed by atoms with Crippen molar-refractivity contribution in [3.05, 3.63) is 47.2 Å². The molecule has 2 aromatic rings. The molecule has 1 unspecified atom stereocenters. The zero-order chi connectivity index (χ0) is 22.7. The van der Waals surface area contributed by atoms with Gasteiger partial charge in [0.1, 0.15) is 6.04 Å². The van der Waals surface area contributed by atoms with Gasteiger partial charge in [-0.2, -0.15) is 0 Å². The van der Waals surface area contributed by atoms with Crippen LogP contribution in [0.5, 0.6) is 0 Å². The van der Waals surface area contributed by atoms with Crippen LogP contribution < -0.4 is 5.32 Å². The molecule has 1 fully saturated rings. The Morgan fingerprint density at radius 3 is 2.66 bits per heavy atom. The topological polar surface area (TPSA) is 82.5 Å². The molecular formula is C26H33N3O3. The normalized spacial score (nSPS) is 18.1. The summed E-state index contributed by atoms with van der Waals surface area (Å²) >= 11 is 0. The number of hydrogen-bond donors (Lipinski definition) is 2. The van der Waals surface area contributed by atoms with E-state index in [0.717, 1.165) is 61.3 Å². The Hall–Kier alpha value is -2.73. The lowest BCUT2D eigenvalue weighted by Crippen LogP contribution is -2.44. The van der Waals surface area contributed by atoms with Gasteiger partial charge in [0, 0.05) is 23.4 Å². The van der Waals surface area contributed by atoms with Gasteiger partial charge in [-0.1, -0.05) is 12.1 Å². The summed E-state index contributed by atoms with van der Waals surface area (Å²) in [6.07, 6.45) is 6.77. The number of carboxylic acids is 1. The van der Waals surface area contributed by atoms with Gasteiger partial charge in [0.2, 0.25) is 5.91 Å². The number of amides is 1. The monoisotopic (exact) mass is 435 g/mol. The standard InChI is InChI=1S/C26H33N3O3/c1-17-7-9-21(16-22(17)24-10-8-20-5-3-4-6-23(20)28-24)27-25(30)15-19-11-13-29(14-12-19)18(2)26(31)32/h7-10,16,18-19H,3-6,11-15H2,1-2H3,(H,27,30)(H,31,32). The van der Waals surface area contributed by atoms with Crippen LogP contribution in [0.3, 0.4) is 0 Å². The summed E-state index contributed by atoms with van der Waals surface area (Å²) in [6.45, 7) is 5.25. The molecule has 2 heterocycles. The van der Waals surface area contributed by atoms with Crippen LogP contribution in [0, 0.1) is 12.8 Å². The van der Waals surface area contributed by atoms with Crippen molar-refractivity contribution in [1.82, 2.24) is 9.88 Å². The molecule has 0 radical (unpaired) electrons. The number of aliphatic carboxylic acids is 1. The molecule has 1 aromatic heterocycles. The summed E-state index contributed by atoms with van der Waals surface area (Å²) in [7, 11) is 0. The van der Waals surface area contributed by atoms with Gasteiger partial charge in [-0.25, -0.2) is 0 Å². The van der Waals surface area contributed by atoms with Crippen molar-refractivity contribution in [2.45, 2.75) is 64.8 Å². The molecule has 0 bridgehead atoms. The predicted molar refractivity (Wildman–Crippen MR) is 126 cm³/mol. The third-order valence-corrected chi connectivity index (χ3v) is 7.00. The SMILES string of the molecule is Cc1ccc(NC(=O)CC2CCN(C(C)C(=O)O)CC2)cc1-c1ccc2c(n1)CCCC2. The molecule has 1 aromatic carbocycles. The van der Waals surface area contributed by atoms with E-state index in [2.05, 4.69) is 24.4 Å². The smallest absolute Gasteiger partial charge is 0.320 e. The molecule has 2 N–H and O–H groups in total. The Balaban J connectivity index is 1.38. The molecule has 1 aliphatic heterocycles. The first-order valence-corrected chi connectivity index (χ1v) is 11.8. The second kappa shape index (κ2) is 9.82. The number of nitrogens with zero attached hydrogens (tertiary/aromatic N) is 2. The summed E-state index contributed by atoms with van der Waals surface area (Å²) < 4.78 is 0. The number of carboxylic acid groups (broad SMARTS) is 1. The molecule has 1 amide bonds. The molecule has 1 atom stereocenters. The quantitative estimate of drug-likeness (QED) is 0.701. The summed E-state index contributed by atoms with van der Waals surface area (Å²) in [4.78, 5) is 30.8. The van der Waals surface area contributed by atoms with Crippen LogP contribution in [0.4, 0.5) is 5.69 Å². The minimum atomic E-state index is -0.787. The number of carbonyl (C=O) groups is 2. The number of hydrogen-bond acceptors (Lipinski definition) is 4. The molecule has 0 spiro atoms. The lowest BCUT2D eigenvalue weighted by Gasteiger charge is -2.34. The number of piperidine rings is 1. The number of benzene rings is 1. The predicted octanol–water partition coefficient (Wildman–Crippen LogP) is 4.45. The fourth-order valence-corrected chi connectivity index (χ4v) is 4.88. The molecular weight excluding hydrogens is 402 g/mol. The number of pyridine rings is 1.